The molecule has 0 N–H and O–H groups in total. The van der Waals surface area contributed by atoms with Gasteiger partial charge in [-0.1, -0.05) is 0 Å². The number of methoxy groups -OCH3 is 2. The Hall–Kier alpha value is -2.93. The molecule has 1 aromatic carbocycles. The minimum Gasteiger partial charge on any atom is -0.493 e. The predicted octanol–water partition coefficient (Wildman–Crippen LogP) is 2.55. The van der Waals surface area contributed by atoms with Gasteiger partial charge in [-0.2, -0.15) is 0 Å². The summed E-state index contributed by atoms with van der Waals surface area (Å²) in [4.78, 5) is 15.7. The average Bonchev–Trinajstić information content (AvgIpc) is 2.73. The van der Waals surface area contributed by atoms with Crippen LogP contribution in [0.15, 0.2) is 36.8 Å². The first-order valence-electron chi connectivity index (χ1n) is 8.46. The molecule has 0 saturated carbocycles. The van der Waals surface area contributed by atoms with Crippen molar-refractivity contribution in [3.63, 3.8) is 0 Å². The first kappa shape index (κ1) is 16.5. The fourth-order valence-electron chi connectivity index (χ4n) is 3.12. The lowest BCUT2D eigenvalue weighted by molar-refractivity contribution is 0.122. The average molecular weight is 352 g/mol. The van der Waals surface area contributed by atoms with Gasteiger partial charge in [0, 0.05) is 24.8 Å². The summed E-state index contributed by atoms with van der Waals surface area (Å²) in [5.41, 5.74) is 2.63. The van der Waals surface area contributed by atoms with E-state index in [1.54, 1.807) is 20.5 Å². The number of rotatable bonds is 4. The van der Waals surface area contributed by atoms with E-state index in [-0.39, 0.29) is 0 Å². The Morgan fingerprint density at radius 2 is 1.77 bits per heavy atom. The number of fused-ring (bicyclic) bond motifs is 1. The van der Waals surface area contributed by atoms with Crippen LogP contribution in [0.25, 0.3) is 22.2 Å². The summed E-state index contributed by atoms with van der Waals surface area (Å²) in [5.74, 6) is 2.27. The van der Waals surface area contributed by atoms with Gasteiger partial charge in [0.25, 0.3) is 0 Å². The molecule has 0 aliphatic carbocycles. The van der Waals surface area contributed by atoms with E-state index >= 15 is 0 Å². The van der Waals surface area contributed by atoms with Gasteiger partial charge in [-0.25, -0.2) is 9.97 Å². The van der Waals surface area contributed by atoms with Crippen molar-refractivity contribution in [3.05, 3.63) is 36.8 Å². The van der Waals surface area contributed by atoms with Crippen molar-refractivity contribution in [2.24, 2.45) is 0 Å². The van der Waals surface area contributed by atoms with Crippen LogP contribution < -0.4 is 14.4 Å². The molecule has 1 aliphatic heterocycles. The summed E-state index contributed by atoms with van der Waals surface area (Å²) in [5, 5.41) is 0.943. The van der Waals surface area contributed by atoms with Gasteiger partial charge >= 0.3 is 0 Å². The monoisotopic (exact) mass is 352 g/mol. The van der Waals surface area contributed by atoms with E-state index in [1.165, 1.54) is 0 Å². The van der Waals surface area contributed by atoms with Crippen molar-refractivity contribution in [2.45, 2.75) is 0 Å². The number of pyridine rings is 1. The van der Waals surface area contributed by atoms with Crippen LogP contribution >= 0.6 is 0 Å². The summed E-state index contributed by atoms with van der Waals surface area (Å²) >= 11 is 0. The maximum Gasteiger partial charge on any atom is 0.161 e. The summed E-state index contributed by atoms with van der Waals surface area (Å²) in [6, 6.07) is 7.72. The summed E-state index contributed by atoms with van der Waals surface area (Å²) in [6.07, 6.45) is 3.44. The lowest BCUT2D eigenvalue weighted by Crippen LogP contribution is -2.36. The van der Waals surface area contributed by atoms with Gasteiger partial charge in [0.2, 0.25) is 0 Å². The van der Waals surface area contributed by atoms with Crippen molar-refractivity contribution < 1.29 is 14.2 Å². The third-order valence-corrected chi connectivity index (χ3v) is 4.49. The van der Waals surface area contributed by atoms with Crippen LogP contribution in [0.2, 0.25) is 0 Å². The van der Waals surface area contributed by atoms with E-state index in [0.29, 0.717) is 24.7 Å². The van der Waals surface area contributed by atoms with Crippen LogP contribution in [0.5, 0.6) is 11.5 Å². The Morgan fingerprint density at radius 3 is 2.54 bits per heavy atom. The number of aromatic nitrogens is 3. The van der Waals surface area contributed by atoms with E-state index in [2.05, 4.69) is 19.9 Å². The van der Waals surface area contributed by atoms with Gasteiger partial charge < -0.3 is 19.1 Å². The molecule has 0 unspecified atom stereocenters. The van der Waals surface area contributed by atoms with Crippen molar-refractivity contribution >= 4 is 16.7 Å². The molecule has 4 rings (SSSR count). The highest BCUT2D eigenvalue weighted by atomic mass is 16.5. The summed E-state index contributed by atoms with van der Waals surface area (Å²) in [7, 11) is 3.24. The van der Waals surface area contributed by atoms with Crippen LogP contribution in [0, 0.1) is 0 Å². The fourth-order valence-corrected chi connectivity index (χ4v) is 3.12. The summed E-state index contributed by atoms with van der Waals surface area (Å²) < 4.78 is 16.1. The van der Waals surface area contributed by atoms with Crippen LogP contribution in [0.3, 0.4) is 0 Å². The van der Waals surface area contributed by atoms with Gasteiger partial charge in [-0.3, -0.25) is 4.98 Å². The molecule has 1 saturated heterocycles. The number of ether oxygens (including phenoxy) is 3. The number of anilines is 1. The van der Waals surface area contributed by atoms with E-state index in [9.17, 15) is 0 Å². The second-order valence-corrected chi connectivity index (χ2v) is 5.95. The number of nitrogens with zero attached hydrogens (tertiary/aromatic N) is 4. The molecule has 1 aliphatic rings. The Kier molecular flexibility index (Phi) is 4.53. The highest BCUT2D eigenvalue weighted by molar-refractivity contribution is 5.90. The predicted molar refractivity (Wildman–Crippen MR) is 98.9 cm³/mol. The SMILES string of the molecule is COc1ccc(-c2cc3ncnc(N4CCOCC4)c3cn2)cc1OC. The van der Waals surface area contributed by atoms with E-state index in [1.807, 2.05) is 30.5 Å². The zero-order valence-corrected chi connectivity index (χ0v) is 14.8. The maximum absolute atomic E-state index is 5.43. The Morgan fingerprint density at radius 1 is 0.962 bits per heavy atom. The largest absolute Gasteiger partial charge is 0.493 e. The second-order valence-electron chi connectivity index (χ2n) is 5.95. The third kappa shape index (κ3) is 3.01. The molecule has 7 heteroatoms. The number of benzene rings is 1. The number of hydrogen-bond acceptors (Lipinski definition) is 7. The lowest BCUT2D eigenvalue weighted by Gasteiger charge is -2.28. The minimum atomic E-state index is 0.670. The van der Waals surface area contributed by atoms with E-state index < -0.39 is 0 Å². The highest BCUT2D eigenvalue weighted by Crippen LogP contribution is 2.33. The van der Waals surface area contributed by atoms with Gasteiger partial charge in [0.05, 0.1) is 44.0 Å². The molecular weight excluding hydrogens is 332 g/mol. The van der Waals surface area contributed by atoms with E-state index in [0.717, 1.165) is 41.1 Å². The normalized spacial score (nSPS) is 14.5. The highest BCUT2D eigenvalue weighted by Gasteiger charge is 2.16. The van der Waals surface area contributed by atoms with Crippen LogP contribution in [-0.2, 0) is 4.74 Å². The van der Waals surface area contributed by atoms with Gasteiger partial charge in [0.1, 0.15) is 12.1 Å². The number of morpholine rings is 1. The molecule has 3 aromatic rings. The Labute approximate surface area is 151 Å². The van der Waals surface area contributed by atoms with Crippen molar-refractivity contribution in [2.75, 3.05) is 45.4 Å². The first-order chi connectivity index (χ1) is 12.8. The molecule has 0 radical (unpaired) electrons. The van der Waals surface area contributed by atoms with Gasteiger partial charge in [-0.15, -0.1) is 0 Å². The smallest absolute Gasteiger partial charge is 0.161 e. The van der Waals surface area contributed by atoms with Gasteiger partial charge in [-0.05, 0) is 24.3 Å². The summed E-state index contributed by atoms with van der Waals surface area (Å²) in [6.45, 7) is 3.07. The lowest BCUT2D eigenvalue weighted by atomic mass is 10.1. The Balaban J connectivity index is 1.74. The quantitative estimate of drug-likeness (QED) is 0.715. The molecular formula is C19H20N4O3. The van der Waals surface area contributed by atoms with Crippen LogP contribution in [0.4, 0.5) is 5.82 Å². The molecule has 134 valence electrons. The van der Waals surface area contributed by atoms with Gasteiger partial charge in [0.15, 0.2) is 11.5 Å². The topological polar surface area (TPSA) is 69.6 Å². The molecule has 1 fully saturated rings. The van der Waals surface area contributed by atoms with Crippen molar-refractivity contribution in [1.29, 1.82) is 0 Å². The molecule has 0 bridgehead atoms. The van der Waals surface area contributed by atoms with Crippen LogP contribution in [0.1, 0.15) is 0 Å². The Bertz CT molecular complexity index is 926. The standard InChI is InChI=1S/C19H20N4O3/c1-24-17-4-3-13(9-18(17)25-2)15-10-16-14(11-20-15)19(22-12-21-16)23-5-7-26-8-6-23/h3-4,9-12H,5-8H2,1-2H3. The molecule has 2 aromatic heterocycles. The number of hydrogen-bond donors (Lipinski definition) is 0. The van der Waals surface area contributed by atoms with E-state index in [4.69, 9.17) is 14.2 Å². The molecule has 3 heterocycles. The van der Waals surface area contributed by atoms with Crippen LogP contribution in [-0.4, -0.2) is 55.5 Å². The molecule has 26 heavy (non-hydrogen) atoms. The maximum atomic E-state index is 5.43. The van der Waals surface area contributed by atoms with Crippen molar-refractivity contribution in [3.8, 4) is 22.8 Å². The molecule has 0 atom stereocenters. The van der Waals surface area contributed by atoms with Crippen molar-refractivity contribution in [1.82, 2.24) is 15.0 Å². The molecule has 0 spiro atoms. The molecule has 0 amide bonds. The second kappa shape index (κ2) is 7.13. The molecule has 7 nitrogen and oxygen atoms in total. The first-order valence-corrected chi connectivity index (χ1v) is 8.46. The zero-order valence-electron chi connectivity index (χ0n) is 14.8. The minimum absolute atomic E-state index is 0.670. The fraction of sp³-hybridized carbons (Fsp3) is 0.316. The zero-order chi connectivity index (χ0) is 17.9. The third-order valence-electron chi connectivity index (χ3n) is 4.49.